The summed E-state index contributed by atoms with van der Waals surface area (Å²) in [5.74, 6) is -0.903. The summed E-state index contributed by atoms with van der Waals surface area (Å²) in [4.78, 5) is 23.6. The van der Waals surface area contributed by atoms with E-state index in [0.29, 0.717) is 17.0 Å². The standard InChI is InChI=1S/C14H13F3N2O3/c1-7(22-2)11-9-5-8(3-4-10(9)19-13(11)21)12(20)18-6-14(15,16)17/h3-5H,6H2,1-2H3,(H,18,20)(H,19,21)/b11-7-. The number of hydrogen-bond donors (Lipinski definition) is 2. The summed E-state index contributed by atoms with van der Waals surface area (Å²) >= 11 is 0. The maximum absolute atomic E-state index is 12.1. The highest BCUT2D eigenvalue weighted by Crippen LogP contribution is 2.34. The molecule has 0 atom stereocenters. The number of ether oxygens (including phenoxy) is 1. The van der Waals surface area contributed by atoms with E-state index < -0.39 is 18.6 Å². The molecule has 0 radical (unpaired) electrons. The molecular formula is C14H13F3N2O3. The van der Waals surface area contributed by atoms with Crippen molar-refractivity contribution in [1.82, 2.24) is 5.32 Å². The third-order valence-electron chi connectivity index (χ3n) is 3.13. The van der Waals surface area contributed by atoms with Crippen molar-refractivity contribution in [2.45, 2.75) is 13.1 Å². The molecule has 2 amide bonds. The Hall–Kier alpha value is -2.51. The quantitative estimate of drug-likeness (QED) is 0.664. The second-order valence-corrected chi connectivity index (χ2v) is 4.65. The van der Waals surface area contributed by atoms with Crippen LogP contribution in [0.1, 0.15) is 22.8 Å². The average Bonchev–Trinajstić information content (AvgIpc) is 2.78. The summed E-state index contributed by atoms with van der Waals surface area (Å²) < 4.78 is 41.4. The van der Waals surface area contributed by atoms with Gasteiger partial charge in [0.15, 0.2) is 0 Å². The molecule has 2 N–H and O–H groups in total. The summed E-state index contributed by atoms with van der Waals surface area (Å²) in [6, 6.07) is 4.17. The fraction of sp³-hybridized carbons (Fsp3) is 0.286. The van der Waals surface area contributed by atoms with Crippen LogP contribution in [0.2, 0.25) is 0 Å². The van der Waals surface area contributed by atoms with Crippen molar-refractivity contribution in [3.63, 3.8) is 0 Å². The number of methoxy groups -OCH3 is 1. The van der Waals surface area contributed by atoms with Crippen LogP contribution in [0.15, 0.2) is 24.0 Å². The van der Waals surface area contributed by atoms with Crippen LogP contribution in [0.5, 0.6) is 0 Å². The number of allylic oxidation sites excluding steroid dienone is 1. The number of carbonyl (C=O) groups is 2. The first-order valence-electron chi connectivity index (χ1n) is 6.28. The zero-order valence-corrected chi connectivity index (χ0v) is 11.8. The maximum Gasteiger partial charge on any atom is 0.405 e. The molecule has 1 aliphatic heterocycles. The molecule has 1 aromatic carbocycles. The fourth-order valence-electron chi connectivity index (χ4n) is 2.04. The van der Waals surface area contributed by atoms with Gasteiger partial charge >= 0.3 is 6.18 Å². The molecule has 0 aliphatic carbocycles. The van der Waals surface area contributed by atoms with Gasteiger partial charge in [0.1, 0.15) is 12.3 Å². The summed E-state index contributed by atoms with van der Waals surface area (Å²) in [6.45, 7) is 0.167. The minimum atomic E-state index is -4.48. The first-order valence-corrected chi connectivity index (χ1v) is 6.28. The molecule has 0 spiro atoms. The number of rotatable bonds is 3. The van der Waals surface area contributed by atoms with Crippen LogP contribution in [-0.2, 0) is 9.53 Å². The van der Waals surface area contributed by atoms with Crippen molar-refractivity contribution in [3.05, 3.63) is 35.1 Å². The largest absolute Gasteiger partial charge is 0.501 e. The number of nitrogens with one attached hydrogen (secondary N) is 2. The number of halogens is 3. The van der Waals surface area contributed by atoms with Crippen molar-refractivity contribution >= 4 is 23.1 Å². The van der Waals surface area contributed by atoms with Gasteiger partial charge in [0.2, 0.25) is 0 Å². The Bertz CT molecular complexity index is 666. The number of benzene rings is 1. The highest BCUT2D eigenvalue weighted by atomic mass is 19.4. The Kier molecular flexibility index (Phi) is 4.11. The Morgan fingerprint density at radius 3 is 2.64 bits per heavy atom. The van der Waals surface area contributed by atoms with Crippen LogP contribution < -0.4 is 10.6 Å². The second-order valence-electron chi connectivity index (χ2n) is 4.65. The van der Waals surface area contributed by atoms with E-state index in [0.717, 1.165) is 0 Å². The topological polar surface area (TPSA) is 67.4 Å². The second kappa shape index (κ2) is 5.70. The van der Waals surface area contributed by atoms with E-state index in [1.807, 2.05) is 0 Å². The molecule has 0 fully saturated rings. The normalized spacial score (nSPS) is 16.0. The Morgan fingerprint density at radius 2 is 2.05 bits per heavy atom. The van der Waals surface area contributed by atoms with Crippen LogP contribution >= 0.6 is 0 Å². The van der Waals surface area contributed by atoms with E-state index in [2.05, 4.69) is 5.32 Å². The summed E-state index contributed by atoms with van der Waals surface area (Å²) in [5.41, 5.74) is 1.18. The lowest BCUT2D eigenvalue weighted by molar-refractivity contribution is -0.123. The van der Waals surface area contributed by atoms with Crippen LogP contribution in [0.3, 0.4) is 0 Å². The van der Waals surface area contributed by atoms with Crippen LogP contribution in [0, 0.1) is 0 Å². The molecule has 118 valence electrons. The van der Waals surface area contributed by atoms with Gasteiger partial charge in [-0.15, -0.1) is 0 Å². The number of anilines is 1. The lowest BCUT2D eigenvalue weighted by Crippen LogP contribution is -2.33. The van der Waals surface area contributed by atoms with Crippen LogP contribution in [-0.4, -0.2) is 31.6 Å². The lowest BCUT2D eigenvalue weighted by Gasteiger charge is -2.09. The Morgan fingerprint density at radius 1 is 1.36 bits per heavy atom. The number of alkyl halides is 3. The van der Waals surface area contributed by atoms with Crippen molar-refractivity contribution in [1.29, 1.82) is 0 Å². The molecule has 0 unspecified atom stereocenters. The Balaban J connectivity index is 2.31. The van der Waals surface area contributed by atoms with Gasteiger partial charge in [-0.2, -0.15) is 13.2 Å². The highest BCUT2D eigenvalue weighted by Gasteiger charge is 2.30. The first kappa shape index (κ1) is 15.9. The smallest absolute Gasteiger partial charge is 0.405 e. The van der Waals surface area contributed by atoms with Gasteiger partial charge in [0.05, 0.1) is 12.7 Å². The predicted molar refractivity (Wildman–Crippen MR) is 73.1 cm³/mol. The molecule has 0 aromatic heterocycles. The van der Waals surface area contributed by atoms with Crippen LogP contribution in [0.4, 0.5) is 18.9 Å². The zero-order chi connectivity index (χ0) is 16.5. The summed E-state index contributed by atoms with van der Waals surface area (Å²) in [5, 5.41) is 4.38. The van der Waals surface area contributed by atoms with Gasteiger partial charge in [-0.3, -0.25) is 9.59 Å². The maximum atomic E-state index is 12.1. The van der Waals surface area contributed by atoms with Crippen molar-refractivity contribution < 1.29 is 27.5 Å². The molecule has 1 heterocycles. The SMILES string of the molecule is CO/C(C)=C1\C(=O)Nc2ccc(C(=O)NCC(F)(F)F)cc21. The predicted octanol–water partition coefficient (Wildman–Crippen LogP) is 2.31. The van der Waals surface area contributed by atoms with Gasteiger partial charge in [-0.1, -0.05) is 0 Å². The minimum Gasteiger partial charge on any atom is -0.501 e. The van der Waals surface area contributed by atoms with Gasteiger partial charge in [0, 0.05) is 16.8 Å². The third-order valence-corrected chi connectivity index (χ3v) is 3.13. The molecule has 0 saturated carbocycles. The first-order chi connectivity index (χ1) is 10.2. The number of carbonyl (C=O) groups excluding carboxylic acids is 2. The monoisotopic (exact) mass is 314 g/mol. The van der Waals surface area contributed by atoms with E-state index in [1.165, 1.54) is 25.3 Å². The highest BCUT2D eigenvalue weighted by molar-refractivity contribution is 6.32. The molecule has 1 aromatic rings. The number of amides is 2. The molecular weight excluding hydrogens is 301 g/mol. The third kappa shape index (κ3) is 3.21. The van der Waals surface area contributed by atoms with E-state index in [-0.39, 0.29) is 17.0 Å². The zero-order valence-electron chi connectivity index (χ0n) is 11.8. The molecule has 0 bridgehead atoms. The fourth-order valence-corrected chi connectivity index (χ4v) is 2.04. The molecule has 1 aliphatic rings. The van der Waals surface area contributed by atoms with Gasteiger partial charge < -0.3 is 15.4 Å². The van der Waals surface area contributed by atoms with Crippen molar-refractivity contribution in [2.75, 3.05) is 19.0 Å². The average molecular weight is 314 g/mol. The van der Waals surface area contributed by atoms with Gasteiger partial charge in [0.25, 0.3) is 11.8 Å². The summed E-state index contributed by atoms with van der Waals surface area (Å²) in [7, 11) is 1.40. The molecule has 0 saturated heterocycles. The molecule has 5 nitrogen and oxygen atoms in total. The van der Waals surface area contributed by atoms with Gasteiger partial charge in [-0.25, -0.2) is 0 Å². The lowest BCUT2D eigenvalue weighted by atomic mass is 10.0. The van der Waals surface area contributed by atoms with E-state index >= 15 is 0 Å². The van der Waals surface area contributed by atoms with Crippen molar-refractivity contribution in [2.24, 2.45) is 0 Å². The number of fused-ring (bicyclic) bond motifs is 1. The molecule has 8 heteroatoms. The minimum absolute atomic E-state index is 0.0286. The summed E-state index contributed by atoms with van der Waals surface area (Å²) in [6.07, 6.45) is -4.48. The Labute approximate surface area is 124 Å². The van der Waals surface area contributed by atoms with E-state index in [4.69, 9.17) is 4.74 Å². The molecule has 2 rings (SSSR count). The van der Waals surface area contributed by atoms with Crippen LogP contribution in [0.25, 0.3) is 5.57 Å². The van der Waals surface area contributed by atoms with E-state index in [9.17, 15) is 22.8 Å². The molecule has 22 heavy (non-hydrogen) atoms. The van der Waals surface area contributed by atoms with Crippen molar-refractivity contribution in [3.8, 4) is 0 Å². The van der Waals surface area contributed by atoms with Gasteiger partial charge in [-0.05, 0) is 25.1 Å². The number of hydrogen-bond acceptors (Lipinski definition) is 3. The van der Waals surface area contributed by atoms with E-state index in [1.54, 1.807) is 12.2 Å².